The van der Waals surface area contributed by atoms with E-state index in [1.54, 1.807) is 6.07 Å². The molecule has 1 atom stereocenters. The van der Waals surface area contributed by atoms with Crippen molar-refractivity contribution in [1.82, 2.24) is 4.48 Å². The Hall–Kier alpha value is -1.18. The van der Waals surface area contributed by atoms with E-state index in [1.165, 1.54) is 24.9 Å². The topological polar surface area (TPSA) is 63.6 Å². The van der Waals surface area contributed by atoms with E-state index >= 15 is 0 Å². The summed E-state index contributed by atoms with van der Waals surface area (Å²) in [5.41, 5.74) is 1.12. The molecule has 0 radical (unpaired) electrons. The summed E-state index contributed by atoms with van der Waals surface area (Å²) < 4.78 is 5.28. The summed E-state index contributed by atoms with van der Waals surface area (Å²) in [6.45, 7) is 5.77. The van der Waals surface area contributed by atoms with Gasteiger partial charge in [0.05, 0.1) is 12.0 Å². The molecule has 26 heavy (non-hydrogen) atoms. The molecule has 3 rings (SSSR count). The molecule has 1 aromatic heterocycles. The number of amides is 1. The summed E-state index contributed by atoms with van der Waals surface area (Å²) in [6, 6.07) is 1.71. The number of carbonyl (C=O) groups is 2. The number of halogens is 1. The number of carbonyl (C=O) groups excluding carboxylic acids is 1. The predicted molar refractivity (Wildman–Crippen MR) is 108 cm³/mol. The van der Waals surface area contributed by atoms with E-state index < -0.39 is 17.6 Å². The predicted octanol–water partition coefficient (Wildman–Crippen LogP) is 5.98. The molecule has 0 aromatic carbocycles. The number of hydrogen-bond donors (Lipinski definition) is 1. The molecule has 0 saturated heterocycles. The molecule has 0 bridgehead atoms. The van der Waals surface area contributed by atoms with Gasteiger partial charge in [-0.15, -0.1) is 15.8 Å². The summed E-state index contributed by atoms with van der Waals surface area (Å²) >= 11 is 5.06. The second kappa shape index (κ2) is 6.77. The third-order valence-electron chi connectivity index (χ3n) is 5.53. The van der Waals surface area contributed by atoms with Gasteiger partial charge in [0.1, 0.15) is 10.4 Å². The van der Waals surface area contributed by atoms with Crippen LogP contribution in [0.25, 0.3) is 5.57 Å². The lowest BCUT2D eigenvalue weighted by molar-refractivity contribution is 0.0605. The first-order chi connectivity index (χ1) is 12.2. The van der Waals surface area contributed by atoms with Gasteiger partial charge in [0.15, 0.2) is 10.3 Å². The van der Waals surface area contributed by atoms with E-state index in [2.05, 4.69) is 15.9 Å². The molecule has 7 heteroatoms. The fourth-order valence-corrected chi connectivity index (χ4v) is 7.04. The number of nitrogens with zero attached hydrogens (tertiary/aromatic N) is 1. The zero-order valence-corrected chi connectivity index (χ0v) is 18.0. The van der Waals surface area contributed by atoms with Crippen LogP contribution >= 0.6 is 27.3 Å². The summed E-state index contributed by atoms with van der Waals surface area (Å²) in [6.07, 6.45) is 4.71. The monoisotopic (exact) mass is 442 g/mol. The molecule has 142 valence electrons. The van der Waals surface area contributed by atoms with E-state index in [4.69, 9.17) is 4.74 Å². The lowest BCUT2D eigenvalue weighted by atomic mass is 9.84. The fourth-order valence-electron chi connectivity index (χ4n) is 4.28. The van der Waals surface area contributed by atoms with Crippen molar-refractivity contribution in [2.75, 3.05) is 7.11 Å². The van der Waals surface area contributed by atoms with Crippen LogP contribution in [0.3, 0.4) is 0 Å². The Balaban J connectivity index is 2.29. The van der Waals surface area contributed by atoms with Crippen molar-refractivity contribution < 1.29 is 19.4 Å². The Morgan fingerprint density at radius 3 is 2.38 bits per heavy atom. The van der Waals surface area contributed by atoms with Crippen LogP contribution in [0.4, 0.5) is 10.5 Å². The maximum Gasteiger partial charge on any atom is 0.524 e. The van der Waals surface area contributed by atoms with Gasteiger partial charge in [-0.3, -0.25) is 0 Å². The van der Waals surface area contributed by atoms with Crippen LogP contribution < -0.4 is 4.48 Å². The van der Waals surface area contributed by atoms with Crippen molar-refractivity contribution >= 4 is 50.6 Å². The molecule has 1 saturated carbocycles. The van der Waals surface area contributed by atoms with E-state index in [0.29, 0.717) is 21.1 Å². The third-order valence-corrected chi connectivity index (χ3v) is 7.63. The Morgan fingerprint density at radius 1 is 1.27 bits per heavy atom. The summed E-state index contributed by atoms with van der Waals surface area (Å²) in [4.78, 5) is 26.1. The largest absolute Gasteiger partial charge is 0.524 e. The quantitative estimate of drug-likeness (QED) is 0.347. The van der Waals surface area contributed by atoms with Gasteiger partial charge in [-0.1, -0.05) is 19.3 Å². The van der Waals surface area contributed by atoms with Gasteiger partial charge < -0.3 is 9.84 Å². The van der Waals surface area contributed by atoms with Crippen LogP contribution in [0.5, 0.6) is 0 Å². The Bertz CT molecular complexity index is 786. The van der Waals surface area contributed by atoms with Crippen LogP contribution in [0, 0.1) is 5.92 Å². The second-order valence-electron chi connectivity index (χ2n) is 7.98. The SMILES string of the molecule is COC(=O)c1cc2c(s1)C(C1CCCCC1)=C(Br)[N+]2(C(=O)O)C(C)(C)C. The first-order valence-corrected chi connectivity index (χ1v) is 10.5. The van der Waals surface area contributed by atoms with Gasteiger partial charge in [-0.25, -0.2) is 4.79 Å². The van der Waals surface area contributed by atoms with Crippen LogP contribution in [-0.4, -0.2) is 29.8 Å². The van der Waals surface area contributed by atoms with Crippen molar-refractivity contribution in [1.29, 1.82) is 0 Å². The number of esters is 1. The molecule has 2 aliphatic rings. The zero-order chi connectivity index (χ0) is 19.3. The zero-order valence-electron chi connectivity index (χ0n) is 15.6. The van der Waals surface area contributed by atoms with E-state index in [9.17, 15) is 14.7 Å². The minimum absolute atomic E-state index is 0.318. The first kappa shape index (κ1) is 19.6. The van der Waals surface area contributed by atoms with E-state index in [1.807, 2.05) is 20.8 Å². The third kappa shape index (κ3) is 2.67. The van der Waals surface area contributed by atoms with Crippen molar-refractivity contribution in [3.8, 4) is 0 Å². The summed E-state index contributed by atoms with van der Waals surface area (Å²) in [5, 5.41) is 10.3. The molecule has 1 amide bonds. The smallest absolute Gasteiger partial charge is 0.465 e. The standard InChI is InChI=1S/C19H24BrNO4S/c1-19(2,3)21(18(23)24)12-10-13(17(22)25-4)26-15(12)14(16(21)20)11-8-6-5-7-9-11/h10-11H,5-9H2,1-4H3/p+1. The molecule has 2 heterocycles. The summed E-state index contributed by atoms with van der Waals surface area (Å²) in [5.74, 6) is -0.0939. The van der Waals surface area contributed by atoms with Gasteiger partial charge in [-0.2, -0.15) is 4.79 Å². The first-order valence-electron chi connectivity index (χ1n) is 8.92. The molecule has 1 aromatic rings. The number of ether oxygens (including phenoxy) is 1. The lowest BCUT2D eigenvalue weighted by Crippen LogP contribution is -2.62. The normalized spacial score (nSPS) is 23.9. The highest BCUT2D eigenvalue weighted by Gasteiger charge is 2.60. The van der Waals surface area contributed by atoms with Crippen LogP contribution in [0.2, 0.25) is 0 Å². The highest BCUT2D eigenvalue weighted by molar-refractivity contribution is 9.11. The maximum atomic E-state index is 12.6. The van der Waals surface area contributed by atoms with Gasteiger partial charge in [0, 0.05) is 27.6 Å². The molecule has 0 spiro atoms. The summed E-state index contributed by atoms with van der Waals surface area (Å²) in [7, 11) is 1.35. The molecule has 1 fully saturated rings. The number of fused-ring (bicyclic) bond motifs is 1. The fraction of sp³-hybridized carbons (Fsp3) is 0.579. The molecule has 1 aliphatic carbocycles. The van der Waals surface area contributed by atoms with Crippen molar-refractivity contribution in [2.45, 2.75) is 58.4 Å². The number of methoxy groups -OCH3 is 1. The number of carboxylic acid groups (broad SMARTS) is 1. The van der Waals surface area contributed by atoms with E-state index in [-0.39, 0.29) is 4.48 Å². The Labute approximate surface area is 166 Å². The number of allylic oxidation sites excluding steroid dienone is 1. The number of rotatable bonds is 2. The van der Waals surface area contributed by atoms with Crippen LogP contribution in [0.1, 0.15) is 67.4 Å². The van der Waals surface area contributed by atoms with Crippen molar-refractivity contribution in [3.63, 3.8) is 0 Å². The van der Waals surface area contributed by atoms with E-state index in [0.717, 1.165) is 36.1 Å². The Morgan fingerprint density at radius 2 is 1.88 bits per heavy atom. The molecular formula is C19H25BrNO4S+. The number of hydrogen-bond acceptors (Lipinski definition) is 4. The minimum Gasteiger partial charge on any atom is -0.465 e. The van der Waals surface area contributed by atoms with Crippen molar-refractivity contribution in [3.05, 3.63) is 20.4 Å². The van der Waals surface area contributed by atoms with Gasteiger partial charge in [0.25, 0.3) is 0 Å². The average molecular weight is 443 g/mol. The van der Waals surface area contributed by atoms with Crippen LogP contribution in [-0.2, 0) is 4.74 Å². The second-order valence-corrected chi connectivity index (χ2v) is 9.78. The number of thiophene rings is 1. The van der Waals surface area contributed by atoms with Gasteiger partial charge in [0.2, 0.25) is 0 Å². The molecular weight excluding hydrogens is 418 g/mol. The van der Waals surface area contributed by atoms with Crippen LogP contribution in [0.15, 0.2) is 10.7 Å². The molecule has 5 nitrogen and oxygen atoms in total. The maximum absolute atomic E-state index is 12.6. The van der Waals surface area contributed by atoms with Crippen molar-refractivity contribution in [2.24, 2.45) is 5.92 Å². The number of quaternary nitrogens is 1. The minimum atomic E-state index is -0.939. The highest BCUT2D eigenvalue weighted by Crippen LogP contribution is 2.59. The highest BCUT2D eigenvalue weighted by atomic mass is 79.9. The molecule has 1 aliphatic heterocycles. The lowest BCUT2D eigenvalue weighted by Gasteiger charge is -2.39. The molecule has 1 unspecified atom stereocenters. The van der Waals surface area contributed by atoms with Gasteiger partial charge >= 0.3 is 12.1 Å². The average Bonchev–Trinajstić information content (AvgIpc) is 3.08. The Kier molecular flexibility index (Phi) is 5.09. The molecule has 1 N–H and O–H groups in total. The van der Waals surface area contributed by atoms with Gasteiger partial charge in [-0.05, 0) is 39.5 Å².